The van der Waals surface area contributed by atoms with Gasteiger partial charge in [-0.15, -0.1) is 0 Å². The molecule has 0 unspecified atom stereocenters. The largest absolute Gasteiger partial charge is 0.369 e. The predicted molar refractivity (Wildman–Crippen MR) is 239 cm³/mol. The second-order valence-corrected chi connectivity index (χ2v) is 12.0. The van der Waals surface area contributed by atoms with E-state index in [9.17, 15) is 9.59 Å². The van der Waals surface area contributed by atoms with Crippen LogP contribution in [0.1, 0.15) is 21.0 Å². The number of carbonyl (C=O) groups excluding carboxylic acids is 2. The number of nitrogens with two attached hydrogens (primary N) is 8. The molecule has 5 aromatic rings. The maximum absolute atomic E-state index is 14.1. The molecule has 18 N–H and O–H groups in total. The molecular formula is C39H40N20O2. The van der Waals surface area contributed by atoms with Gasteiger partial charge in [-0.1, -0.05) is 72.8 Å². The van der Waals surface area contributed by atoms with E-state index >= 15 is 0 Å². The Morgan fingerprint density at radius 2 is 0.803 bits per heavy atom. The number of hydrogen-bond donors (Lipinski definition) is 10. The molecule has 0 bridgehead atoms. The second-order valence-electron chi connectivity index (χ2n) is 12.0. The van der Waals surface area contributed by atoms with Gasteiger partial charge in [-0.2, -0.15) is 30.0 Å². The zero-order valence-corrected chi connectivity index (χ0v) is 32.1. The Morgan fingerprint density at radius 3 is 1.21 bits per heavy atom. The molecule has 22 heteroatoms. The molecule has 0 saturated carbocycles. The third-order valence-electron chi connectivity index (χ3n) is 7.41. The summed E-state index contributed by atoms with van der Waals surface area (Å²) in [4.78, 5) is 64.6. The first-order valence-electron chi connectivity index (χ1n) is 17.7. The van der Waals surface area contributed by atoms with E-state index in [2.05, 4.69) is 55.6 Å². The van der Waals surface area contributed by atoms with Gasteiger partial charge in [0, 0.05) is 11.4 Å². The molecule has 0 aliphatic heterocycles. The number of benzene rings is 4. The van der Waals surface area contributed by atoms with Crippen LogP contribution in [0.2, 0.25) is 0 Å². The number of carbonyl (C=O) groups is 2. The molecule has 1 aromatic heterocycles. The van der Waals surface area contributed by atoms with Gasteiger partial charge in [0.2, 0.25) is 47.7 Å². The van der Waals surface area contributed by atoms with E-state index in [1.807, 2.05) is 0 Å². The number of aliphatic imine (C=N–C) groups is 8. The van der Waals surface area contributed by atoms with Crippen LogP contribution in [-0.2, 0) is 0 Å². The van der Waals surface area contributed by atoms with Crippen LogP contribution in [0.25, 0.3) is 0 Å². The van der Waals surface area contributed by atoms with Gasteiger partial charge in [0.1, 0.15) is 11.4 Å². The highest BCUT2D eigenvalue weighted by Gasteiger charge is 2.22. The molecule has 5 rings (SSSR count). The Labute approximate surface area is 347 Å². The Balaban J connectivity index is 1.68. The lowest BCUT2D eigenvalue weighted by Crippen LogP contribution is -2.35. The highest BCUT2D eigenvalue weighted by Crippen LogP contribution is 2.13. The Kier molecular flexibility index (Phi) is 14.4. The summed E-state index contributed by atoms with van der Waals surface area (Å²) in [5, 5.41) is 5.46. The van der Waals surface area contributed by atoms with Gasteiger partial charge in [0.25, 0.3) is 11.8 Å². The van der Waals surface area contributed by atoms with Gasteiger partial charge >= 0.3 is 0 Å². The summed E-state index contributed by atoms with van der Waals surface area (Å²) in [6.45, 7) is 0. The van der Waals surface area contributed by atoms with Gasteiger partial charge in [-0.25, -0.2) is 15.0 Å². The molecule has 0 spiro atoms. The highest BCUT2D eigenvalue weighted by molar-refractivity contribution is 6.11. The van der Waals surface area contributed by atoms with Crippen LogP contribution in [0.3, 0.4) is 0 Å². The zero-order valence-electron chi connectivity index (χ0n) is 32.1. The number of para-hydroxylation sites is 4. The van der Waals surface area contributed by atoms with E-state index in [1.54, 1.807) is 121 Å². The van der Waals surface area contributed by atoms with Crippen LogP contribution in [0.5, 0.6) is 0 Å². The fraction of sp³-hybridized carbons (Fsp3) is 0. The SMILES string of the molecule is NC(=Nc1ccccc1)/N=C(/N)N=c1cc(C(=O)N=C(N)/N=C(\N)Nc2ccccc2)n(/C(N)=N/C(N)=Nc2ccccc2)c(C(=O)N=C(N)/N=C(\N)Nc2ccccc2)c1. The van der Waals surface area contributed by atoms with E-state index < -0.39 is 47.0 Å². The molecule has 0 fully saturated rings. The van der Waals surface area contributed by atoms with Crippen LogP contribution in [0.4, 0.5) is 22.7 Å². The van der Waals surface area contributed by atoms with Gasteiger partial charge in [0.15, 0.2) is 0 Å². The Morgan fingerprint density at radius 1 is 0.426 bits per heavy atom. The number of rotatable bonds is 6. The lowest BCUT2D eigenvalue weighted by Gasteiger charge is -2.15. The molecule has 308 valence electrons. The van der Waals surface area contributed by atoms with Crippen molar-refractivity contribution < 1.29 is 9.59 Å². The summed E-state index contributed by atoms with van der Waals surface area (Å²) in [6, 6.07) is 37.0. The van der Waals surface area contributed by atoms with Gasteiger partial charge < -0.3 is 56.5 Å². The van der Waals surface area contributed by atoms with E-state index in [1.165, 1.54) is 0 Å². The third kappa shape index (κ3) is 13.3. The average molecular weight is 821 g/mol. The number of guanidine groups is 7. The molecule has 4 aromatic carbocycles. The molecule has 2 amide bonds. The lowest BCUT2D eigenvalue weighted by atomic mass is 10.2. The van der Waals surface area contributed by atoms with Gasteiger partial charge in [-0.3, -0.25) is 14.2 Å². The Bertz CT molecular complexity index is 2580. The van der Waals surface area contributed by atoms with Crippen molar-refractivity contribution >= 4 is 82.2 Å². The Hall–Kier alpha value is -9.47. The van der Waals surface area contributed by atoms with Crippen molar-refractivity contribution in [3.05, 3.63) is 150 Å². The fourth-order valence-electron chi connectivity index (χ4n) is 4.98. The quantitative estimate of drug-likeness (QED) is 0.0845. The monoisotopic (exact) mass is 820 g/mol. The average Bonchev–Trinajstić information content (AvgIpc) is 3.21. The van der Waals surface area contributed by atoms with Crippen molar-refractivity contribution in [2.45, 2.75) is 0 Å². The maximum Gasteiger partial charge on any atom is 0.297 e. The minimum atomic E-state index is -1.14. The van der Waals surface area contributed by atoms with Crippen molar-refractivity contribution in [2.24, 2.45) is 90.8 Å². The molecule has 1 heterocycles. The summed E-state index contributed by atoms with van der Waals surface area (Å²) in [6.07, 6.45) is 0. The normalized spacial score (nSPS) is 13.4. The fourth-order valence-corrected chi connectivity index (χ4v) is 4.98. The number of nitrogens with zero attached hydrogens (tertiary/aromatic N) is 10. The van der Waals surface area contributed by atoms with Crippen LogP contribution in [0.15, 0.2) is 178 Å². The van der Waals surface area contributed by atoms with Crippen molar-refractivity contribution in [2.75, 3.05) is 10.6 Å². The summed E-state index contributed by atoms with van der Waals surface area (Å²) >= 11 is 0. The maximum atomic E-state index is 14.1. The van der Waals surface area contributed by atoms with Gasteiger partial charge in [-0.05, 0) is 60.7 Å². The van der Waals surface area contributed by atoms with E-state index in [-0.39, 0.29) is 29.2 Å². The summed E-state index contributed by atoms with van der Waals surface area (Å²) in [7, 11) is 0. The van der Waals surface area contributed by atoms with E-state index in [0.29, 0.717) is 22.7 Å². The first-order valence-corrected chi connectivity index (χ1v) is 17.7. The topological polar surface area (TPSA) is 383 Å². The van der Waals surface area contributed by atoms with E-state index in [0.717, 1.165) is 16.7 Å². The summed E-state index contributed by atoms with van der Waals surface area (Å²) in [5.74, 6) is -5.52. The zero-order chi connectivity index (χ0) is 43.7. The number of anilines is 2. The molecular weight excluding hydrogens is 781 g/mol. The molecule has 0 aliphatic rings. The van der Waals surface area contributed by atoms with Crippen LogP contribution < -0.4 is 61.9 Å². The van der Waals surface area contributed by atoms with Gasteiger partial charge in [0.05, 0.1) is 16.7 Å². The number of pyridine rings is 1. The second kappa shape index (κ2) is 20.6. The smallest absolute Gasteiger partial charge is 0.297 e. The lowest BCUT2D eigenvalue weighted by molar-refractivity contribution is 0.0990. The number of hydrogen-bond acceptors (Lipinski definition) is 4. The predicted octanol–water partition coefficient (Wildman–Crippen LogP) is 0.923. The summed E-state index contributed by atoms with van der Waals surface area (Å²) in [5.41, 5.74) is 49.9. The van der Waals surface area contributed by atoms with Crippen molar-refractivity contribution in [1.82, 2.24) is 4.57 Å². The molecule has 0 saturated heterocycles. The standard InChI is InChI=1S/C39H40N20O2/c40-32(48-23-13-5-1-6-14-23)55-35(43)52-27-21-28(30(60)53-37(45)56-33(41)49-24-15-7-2-8-16-24)59(39(47)58-36(44)51-26-19-11-4-12-20-26)29(22-27)31(61)54-38(46)57-34(42)50-25-17-9-3-10-18-25/h1-22H,(H4,40,43,48,55)(H4,44,47,51,58)(H5,41,45,49,53,56,60)(H5,42,46,50,54,57,61). The number of nitrogens with one attached hydrogen (secondary N) is 2. The van der Waals surface area contributed by atoms with E-state index in [4.69, 9.17) is 45.9 Å². The number of amides is 2. The molecule has 61 heavy (non-hydrogen) atoms. The van der Waals surface area contributed by atoms with Crippen molar-refractivity contribution in [1.29, 1.82) is 0 Å². The first-order chi connectivity index (χ1) is 29.3. The minimum absolute atomic E-state index is 0.166. The third-order valence-corrected chi connectivity index (χ3v) is 7.41. The minimum Gasteiger partial charge on any atom is -0.369 e. The molecule has 0 radical (unpaired) electrons. The molecule has 0 atom stereocenters. The highest BCUT2D eigenvalue weighted by atomic mass is 16.2. The van der Waals surface area contributed by atoms with Crippen LogP contribution >= 0.6 is 0 Å². The van der Waals surface area contributed by atoms with Crippen LogP contribution in [0, 0.1) is 0 Å². The molecule has 22 nitrogen and oxygen atoms in total. The summed E-state index contributed by atoms with van der Waals surface area (Å²) < 4.78 is 0.855. The first kappa shape index (κ1) is 42.7. The number of aromatic nitrogens is 1. The molecule has 0 aliphatic carbocycles. The van der Waals surface area contributed by atoms with Crippen molar-refractivity contribution in [3.63, 3.8) is 0 Å². The van der Waals surface area contributed by atoms with Crippen LogP contribution in [-0.4, -0.2) is 64.1 Å². The van der Waals surface area contributed by atoms with Crippen molar-refractivity contribution in [3.8, 4) is 0 Å².